The molecule has 0 aliphatic heterocycles. The predicted molar refractivity (Wildman–Crippen MR) is 23.9 cm³/mol. The zero-order valence-corrected chi connectivity index (χ0v) is 4.47. The van der Waals surface area contributed by atoms with Gasteiger partial charge in [0.05, 0.1) is 6.61 Å². The van der Waals surface area contributed by atoms with Crippen LogP contribution in [-0.4, -0.2) is 31.4 Å². The molecule has 0 aromatic heterocycles. The molecule has 4 heteroatoms. The lowest BCUT2D eigenvalue weighted by Gasteiger charge is -2.05. The summed E-state index contributed by atoms with van der Waals surface area (Å²) in [6, 6.07) is 0. The Morgan fingerprint density at radius 1 is 1.62 bits per heavy atom. The van der Waals surface area contributed by atoms with E-state index in [1.165, 1.54) is 7.11 Å². The van der Waals surface area contributed by atoms with Gasteiger partial charge >= 0.3 is 0 Å². The van der Waals surface area contributed by atoms with Crippen molar-refractivity contribution in [3.8, 4) is 0 Å². The maximum absolute atomic E-state index is 11.3. The van der Waals surface area contributed by atoms with Crippen molar-refractivity contribution < 1.29 is 18.6 Å². The first kappa shape index (κ1) is 7.78. The smallest absolute Gasteiger partial charge is 0.266 e. The fourth-order valence-corrected chi connectivity index (χ4v) is 0.243. The maximum Gasteiger partial charge on any atom is 0.266 e. The first-order valence-electron chi connectivity index (χ1n) is 2.13. The summed E-state index contributed by atoms with van der Waals surface area (Å²) in [6.45, 7) is -0.308. The number of ether oxygens (including phenoxy) is 1. The molecule has 1 N–H and O–H groups in total. The van der Waals surface area contributed by atoms with Gasteiger partial charge in [-0.05, 0) is 0 Å². The number of halogens is 2. The van der Waals surface area contributed by atoms with Crippen molar-refractivity contribution in [2.75, 3.05) is 13.7 Å². The van der Waals surface area contributed by atoms with Crippen LogP contribution in [0.15, 0.2) is 0 Å². The maximum atomic E-state index is 11.3. The SMILES string of the molecule is COCC(O)C(F)F. The van der Waals surface area contributed by atoms with E-state index in [2.05, 4.69) is 4.74 Å². The molecule has 0 aliphatic rings. The first-order chi connectivity index (χ1) is 3.68. The minimum Gasteiger partial charge on any atom is -0.385 e. The summed E-state index contributed by atoms with van der Waals surface area (Å²) in [5, 5.41) is 8.25. The average Bonchev–Trinajstić information content (AvgIpc) is 1.67. The van der Waals surface area contributed by atoms with E-state index in [9.17, 15) is 8.78 Å². The van der Waals surface area contributed by atoms with E-state index >= 15 is 0 Å². The number of alkyl halides is 2. The second-order valence-electron chi connectivity index (χ2n) is 1.36. The van der Waals surface area contributed by atoms with Crippen molar-refractivity contribution in [1.82, 2.24) is 0 Å². The van der Waals surface area contributed by atoms with Crippen molar-refractivity contribution >= 4 is 0 Å². The van der Waals surface area contributed by atoms with E-state index in [0.717, 1.165) is 0 Å². The molecule has 1 unspecified atom stereocenters. The summed E-state index contributed by atoms with van der Waals surface area (Å²) in [6.07, 6.45) is -4.34. The first-order valence-corrected chi connectivity index (χ1v) is 2.13. The normalized spacial score (nSPS) is 14.6. The molecule has 2 nitrogen and oxygen atoms in total. The minimum atomic E-state index is -2.70. The standard InChI is InChI=1S/C4H8F2O2/c1-8-2-3(7)4(5)6/h3-4,7H,2H2,1H3. The Balaban J connectivity index is 3.17. The van der Waals surface area contributed by atoms with E-state index in [4.69, 9.17) is 5.11 Å². The number of methoxy groups -OCH3 is 1. The molecule has 8 heavy (non-hydrogen) atoms. The molecule has 0 rings (SSSR count). The monoisotopic (exact) mass is 126 g/mol. The van der Waals surface area contributed by atoms with Gasteiger partial charge in [0, 0.05) is 7.11 Å². The van der Waals surface area contributed by atoms with Crippen molar-refractivity contribution in [3.63, 3.8) is 0 Å². The van der Waals surface area contributed by atoms with Gasteiger partial charge in [0.1, 0.15) is 6.10 Å². The molecule has 0 saturated heterocycles. The molecule has 0 heterocycles. The lowest BCUT2D eigenvalue weighted by Crippen LogP contribution is -2.22. The third kappa shape index (κ3) is 2.87. The van der Waals surface area contributed by atoms with Crippen LogP contribution in [0.3, 0.4) is 0 Å². The number of aliphatic hydroxyl groups excluding tert-OH is 1. The van der Waals surface area contributed by atoms with Gasteiger partial charge < -0.3 is 9.84 Å². The summed E-state index contributed by atoms with van der Waals surface area (Å²) < 4.78 is 26.8. The lowest BCUT2D eigenvalue weighted by atomic mass is 10.4. The third-order valence-electron chi connectivity index (χ3n) is 0.628. The van der Waals surface area contributed by atoms with Crippen molar-refractivity contribution in [3.05, 3.63) is 0 Å². The van der Waals surface area contributed by atoms with Gasteiger partial charge in [-0.1, -0.05) is 0 Å². The summed E-state index contributed by atoms with van der Waals surface area (Å²) in [5.74, 6) is 0. The summed E-state index contributed by atoms with van der Waals surface area (Å²) in [5.41, 5.74) is 0. The van der Waals surface area contributed by atoms with Crippen molar-refractivity contribution in [2.45, 2.75) is 12.5 Å². The molecule has 0 aromatic carbocycles. The second-order valence-corrected chi connectivity index (χ2v) is 1.36. The minimum absolute atomic E-state index is 0.308. The molecule has 1 atom stereocenters. The Bertz CT molecular complexity index is 58.0. The highest BCUT2D eigenvalue weighted by molar-refractivity contribution is 4.53. The van der Waals surface area contributed by atoms with E-state index < -0.39 is 12.5 Å². The molecule has 0 amide bonds. The topological polar surface area (TPSA) is 29.5 Å². The molecular weight excluding hydrogens is 118 g/mol. The second kappa shape index (κ2) is 3.74. The van der Waals surface area contributed by atoms with E-state index in [1.807, 2.05) is 0 Å². The molecule has 0 aliphatic carbocycles. The molecule has 0 aromatic rings. The number of aliphatic hydroxyl groups is 1. The predicted octanol–water partition coefficient (Wildman–Crippen LogP) is 0.259. The van der Waals surface area contributed by atoms with Gasteiger partial charge in [0.2, 0.25) is 0 Å². The summed E-state index contributed by atoms with van der Waals surface area (Å²) in [4.78, 5) is 0. The molecule has 0 spiro atoms. The van der Waals surface area contributed by atoms with Crippen LogP contribution < -0.4 is 0 Å². The van der Waals surface area contributed by atoms with Gasteiger partial charge in [-0.15, -0.1) is 0 Å². The Morgan fingerprint density at radius 3 is 2.25 bits per heavy atom. The quantitative estimate of drug-likeness (QED) is 0.587. The van der Waals surface area contributed by atoms with Crippen molar-refractivity contribution in [2.24, 2.45) is 0 Å². The third-order valence-corrected chi connectivity index (χ3v) is 0.628. The highest BCUT2D eigenvalue weighted by Gasteiger charge is 2.15. The molecular formula is C4H8F2O2. The number of rotatable bonds is 3. The summed E-state index contributed by atoms with van der Waals surface area (Å²) in [7, 11) is 1.26. The van der Waals surface area contributed by atoms with Crippen molar-refractivity contribution in [1.29, 1.82) is 0 Å². The van der Waals surface area contributed by atoms with Crippen LogP contribution in [0.4, 0.5) is 8.78 Å². The highest BCUT2D eigenvalue weighted by atomic mass is 19.3. The Hall–Kier alpha value is -0.220. The Kier molecular flexibility index (Phi) is 3.64. The zero-order chi connectivity index (χ0) is 6.57. The number of hydrogen-bond donors (Lipinski definition) is 1. The lowest BCUT2D eigenvalue weighted by molar-refractivity contribution is -0.0443. The van der Waals surface area contributed by atoms with Gasteiger partial charge in [-0.25, -0.2) is 8.78 Å². The van der Waals surface area contributed by atoms with E-state index in [-0.39, 0.29) is 6.61 Å². The zero-order valence-electron chi connectivity index (χ0n) is 4.47. The molecule has 0 fully saturated rings. The van der Waals surface area contributed by atoms with Crippen LogP contribution >= 0.6 is 0 Å². The van der Waals surface area contributed by atoms with Gasteiger partial charge in [-0.2, -0.15) is 0 Å². The number of hydrogen-bond acceptors (Lipinski definition) is 2. The summed E-state index contributed by atoms with van der Waals surface area (Å²) >= 11 is 0. The Morgan fingerprint density at radius 2 is 2.12 bits per heavy atom. The molecule has 0 radical (unpaired) electrons. The van der Waals surface area contributed by atoms with Crippen LogP contribution in [0.5, 0.6) is 0 Å². The van der Waals surface area contributed by atoms with Gasteiger partial charge in [0.15, 0.2) is 0 Å². The molecule has 0 saturated carbocycles. The fourth-order valence-electron chi connectivity index (χ4n) is 0.243. The highest BCUT2D eigenvalue weighted by Crippen LogP contribution is 1.99. The Labute approximate surface area is 46.1 Å². The van der Waals surface area contributed by atoms with E-state index in [1.54, 1.807) is 0 Å². The van der Waals surface area contributed by atoms with Crippen LogP contribution in [0, 0.1) is 0 Å². The van der Waals surface area contributed by atoms with E-state index in [0.29, 0.717) is 0 Å². The molecule has 50 valence electrons. The van der Waals surface area contributed by atoms with Gasteiger partial charge in [-0.3, -0.25) is 0 Å². The largest absolute Gasteiger partial charge is 0.385 e. The van der Waals surface area contributed by atoms with Crippen LogP contribution in [0.25, 0.3) is 0 Å². The van der Waals surface area contributed by atoms with Gasteiger partial charge in [0.25, 0.3) is 6.43 Å². The molecule has 0 bridgehead atoms. The van der Waals surface area contributed by atoms with Crippen LogP contribution in [0.2, 0.25) is 0 Å². The average molecular weight is 126 g/mol. The fraction of sp³-hybridized carbons (Fsp3) is 1.00. The van der Waals surface area contributed by atoms with Crippen LogP contribution in [-0.2, 0) is 4.74 Å². The van der Waals surface area contributed by atoms with Crippen LogP contribution in [0.1, 0.15) is 0 Å².